The van der Waals surface area contributed by atoms with E-state index in [-0.39, 0.29) is 0 Å². The molecule has 1 fully saturated rings. The number of tetrazole rings is 1. The van der Waals surface area contributed by atoms with Crippen molar-refractivity contribution in [2.24, 2.45) is 0 Å². The molecule has 2 N–H and O–H groups in total. The Morgan fingerprint density at radius 1 is 1.41 bits per heavy atom. The molecular weight excluding hydrogens is 216 g/mol. The molecule has 2 aromatic rings. The maximum absolute atomic E-state index is 3.87. The minimum Gasteiger partial charge on any atom is -0.381 e. The summed E-state index contributed by atoms with van der Waals surface area (Å²) < 4.78 is 1.65. The number of nitrogens with one attached hydrogen (secondary N) is 2. The van der Waals surface area contributed by atoms with Crippen LogP contribution in [0.2, 0.25) is 0 Å². The van der Waals surface area contributed by atoms with Gasteiger partial charge in [0.1, 0.15) is 6.33 Å². The summed E-state index contributed by atoms with van der Waals surface area (Å²) in [6.45, 7) is 2.11. The fraction of sp³-hybridized carbons (Fsp3) is 0.364. The van der Waals surface area contributed by atoms with Gasteiger partial charge in [-0.3, -0.25) is 0 Å². The average molecular weight is 230 g/mol. The molecule has 1 saturated heterocycles. The Bertz CT molecular complexity index is 474. The van der Waals surface area contributed by atoms with Crippen LogP contribution in [0.4, 0.5) is 5.69 Å². The van der Waals surface area contributed by atoms with Crippen molar-refractivity contribution >= 4 is 5.69 Å². The van der Waals surface area contributed by atoms with Crippen molar-refractivity contribution in [2.75, 3.05) is 18.4 Å². The number of aromatic nitrogens is 4. The van der Waals surface area contributed by atoms with Crippen LogP contribution in [-0.2, 0) is 0 Å². The van der Waals surface area contributed by atoms with Gasteiger partial charge in [-0.25, -0.2) is 4.68 Å². The van der Waals surface area contributed by atoms with Gasteiger partial charge in [-0.2, -0.15) is 0 Å². The summed E-state index contributed by atoms with van der Waals surface area (Å²) >= 11 is 0. The zero-order chi connectivity index (χ0) is 11.5. The zero-order valence-electron chi connectivity index (χ0n) is 9.37. The molecule has 6 nitrogen and oxygen atoms in total. The first-order valence-electron chi connectivity index (χ1n) is 5.72. The number of hydrogen-bond donors (Lipinski definition) is 2. The van der Waals surface area contributed by atoms with Crippen molar-refractivity contribution in [1.82, 2.24) is 25.5 Å². The van der Waals surface area contributed by atoms with E-state index in [1.807, 2.05) is 12.1 Å². The molecule has 1 aliphatic heterocycles. The van der Waals surface area contributed by atoms with E-state index < -0.39 is 0 Å². The Morgan fingerprint density at radius 3 is 3.18 bits per heavy atom. The Kier molecular flexibility index (Phi) is 2.71. The minimum absolute atomic E-state index is 0.513. The van der Waals surface area contributed by atoms with Crippen molar-refractivity contribution in [1.29, 1.82) is 0 Å². The van der Waals surface area contributed by atoms with Gasteiger partial charge in [-0.05, 0) is 41.6 Å². The molecule has 3 rings (SSSR count). The molecule has 0 bridgehead atoms. The quantitative estimate of drug-likeness (QED) is 0.800. The SMILES string of the molecule is c1cc(NC2CCNC2)cc(-n2cnnn2)c1. The van der Waals surface area contributed by atoms with Crippen molar-refractivity contribution in [3.63, 3.8) is 0 Å². The van der Waals surface area contributed by atoms with Gasteiger partial charge in [0, 0.05) is 18.3 Å². The number of rotatable bonds is 3. The van der Waals surface area contributed by atoms with Crippen molar-refractivity contribution in [3.8, 4) is 5.69 Å². The molecule has 2 heterocycles. The van der Waals surface area contributed by atoms with Crippen LogP contribution in [0.5, 0.6) is 0 Å². The lowest BCUT2D eigenvalue weighted by Crippen LogP contribution is -2.22. The zero-order valence-corrected chi connectivity index (χ0v) is 9.37. The van der Waals surface area contributed by atoms with E-state index in [2.05, 4.69) is 38.3 Å². The highest BCUT2D eigenvalue weighted by Crippen LogP contribution is 2.15. The molecule has 0 amide bonds. The molecule has 1 aromatic carbocycles. The Labute approximate surface area is 99.0 Å². The molecule has 0 saturated carbocycles. The van der Waals surface area contributed by atoms with E-state index in [1.54, 1.807) is 11.0 Å². The molecule has 0 spiro atoms. The van der Waals surface area contributed by atoms with Gasteiger partial charge >= 0.3 is 0 Å². The van der Waals surface area contributed by atoms with Crippen molar-refractivity contribution in [3.05, 3.63) is 30.6 Å². The van der Waals surface area contributed by atoms with Gasteiger partial charge < -0.3 is 10.6 Å². The second-order valence-corrected chi connectivity index (χ2v) is 4.14. The number of anilines is 1. The smallest absolute Gasteiger partial charge is 0.143 e. The lowest BCUT2D eigenvalue weighted by Gasteiger charge is -2.13. The number of hydrogen-bond acceptors (Lipinski definition) is 5. The van der Waals surface area contributed by atoms with Gasteiger partial charge in [0.2, 0.25) is 0 Å². The largest absolute Gasteiger partial charge is 0.381 e. The van der Waals surface area contributed by atoms with Crippen LogP contribution in [-0.4, -0.2) is 39.3 Å². The third-order valence-corrected chi connectivity index (χ3v) is 2.89. The summed E-state index contributed by atoms with van der Waals surface area (Å²) in [5.41, 5.74) is 2.07. The Morgan fingerprint density at radius 2 is 2.41 bits per heavy atom. The minimum atomic E-state index is 0.513. The van der Waals surface area contributed by atoms with Crippen LogP contribution in [0.3, 0.4) is 0 Å². The monoisotopic (exact) mass is 230 g/mol. The standard InChI is InChI=1S/C11H14N6/c1-2-9(14-10-4-5-12-7-10)6-11(3-1)17-8-13-15-16-17/h1-3,6,8,10,12,14H,4-5,7H2. The van der Waals surface area contributed by atoms with Gasteiger partial charge in [-0.1, -0.05) is 6.07 Å². The van der Waals surface area contributed by atoms with Crippen LogP contribution in [0.1, 0.15) is 6.42 Å². The van der Waals surface area contributed by atoms with E-state index in [0.717, 1.165) is 30.9 Å². The third-order valence-electron chi connectivity index (χ3n) is 2.89. The van der Waals surface area contributed by atoms with Gasteiger partial charge in [-0.15, -0.1) is 5.10 Å². The van der Waals surface area contributed by atoms with Gasteiger partial charge in [0.25, 0.3) is 0 Å². The van der Waals surface area contributed by atoms with Crippen molar-refractivity contribution < 1.29 is 0 Å². The normalized spacial score (nSPS) is 19.4. The fourth-order valence-corrected chi connectivity index (χ4v) is 2.03. The predicted molar refractivity (Wildman–Crippen MR) is 64.1 cm³/mol. The summed E-state index contributed by atoms with van der Waals surface area (Å²) in [5.74, 6) is 0. The van der Waals surface area contributed by atoms with E-state index >= 15 is 0 Å². The molecule has 1 unspecified atom stereocenters. The maximum Gasteiger partial charge on any atom is 0.143 e. The first kappa shape index (κ1) is 10.2. The summed E-state index contributed by atoms with van der Waals surface area (Å²) in [4.78, 5) is 0. The summed E-state index contributed by atoms with van der Waals surface area (Å²) in [6, 6.07) is 8.61. The second kappa shape index (κ2) is 4.50. The van der Waals surface area contributed by atoms with Crippen LogP contribution in [0, 0.1) is 0 Å². The topological polar surface area (TPSA) is 67.7 Å². The maximum atomic E-state index is 3.87. The highest BCUT2D eigenvalue weighted by atomic mass is 15.5. The molecule has 0 aliphatic carbocycles. The fourth-order valence-electron chi connectivity index (χ4n) is 2.03. The molecule has 88 valence electrons. The highest BCUT2D eigenvalue weighted by Gasteiger charge is 2.13. The molecule has 1 aliphatic rings. The van der Waals surface area contributed by atoms with E-state index in [0.29, 0.717) is 6.04 Å². The lowest BCUT2D eigenvalue weighted by molar-refractivity contribution is 0.783. The first-order valence-corrected chi connectivity index (χ1v) is 5.72. The first-order chi connectivity index (χ1) is 8.42. The second-order valence-electron chi connectivity index (χ2n) is 4.14. The number of benzene rings is 1. The summed E-state index contributed by atoms with van der Waals surface area (Å²) in [6.07, 6.45) is 2.76. The highest BCUT2D eigenvalue weighted by molar-refractivity contribution is 5.51. The molecule has 1 atom stereocenters. The average Bonchev–Trinajstić information content (AvgIpc) is 3.01. The predicted octanol–water partition coefficient (Wildman–Crippen LogP) is 0.436. The molecule has 0 radical (unpaired) electrons. The van der Waals surface area contributed by atoms with Gasteiger partial charge in [0.15, 0.2) is 0 Å². The Balaban J connectivity index is 1.79. The van der Waals surface area contributed by atoms with Crippen LogP contribution >= 0.6 is 0 Å². The number of nitrogens with zero attached hydrogens (tertiary/aromatic N) is 4. The van der Waals surface area contributed by atoms with E-state index in [4.69, 9.17) is 0 Å². The lowest BCUT2D eigenvalue weighted by atomic mass is 10.2. The van der Waals surface area contributed by atoms with Crippen LogP contribution < -0.4 is 10.6 Å². The molecule has 1 aromatic heterocycles. The van der Waals surface area contributed by atoms with Crippen molar-refractivity contribution in [2.45, 2.75) is 12.5 Å². The molecular formula is C11H14N6. The molecule has 17 heavy (non-hydrogen) atoms. The van der Waals surface area contributed by atoms with E-state index in [9.17, 15) is 0 Å². The van der Waals surface area contributed by atoms with Crippen LogP contribution in [0.15, 0.2) is 30.6 Å². The third kappa shape index (κ3) is 2.26. The summed E-state index contributed by atoms with van der Waals surface area (Å²) in [5, 5.41) is 18.0. The molecule has 6 heteroatoms. The van der Waals surface area contributed by atoms with Gasteiger partial charge in [0.05, 0.1) is 5.69 Å². The van der Waals surface area contributed by atoms with Crippen LogP contribution in [0.25, 0.3) is 5.69 Å². The van der Waals surface area contributed by atoms with E-state index in [1.165, 1.54) is 0 Å². The summed E-state index contributed by atoms with van der Waals surface area (Å²) in [7, 11) is 0. The Hall–Kier alpha value is -1.95.